The van der Waals surface area contributed by atoms with Gasteiger partial charge in [0.25, 0.3) is 0 Å². The first kappa shape index (κ1) is 20.4. The number of carbonyl (C=O) groups is 1. The Balaban J connectivity index is 2.54. The molecule has 0 bridgehead atoms. The van der Waals surface area contributed by atoms with Gasteiger partial charge in [0.15, 0.2) is 11.5 Å². The fourth-order valence-electron chi connectivity index (χ4n) is 2.19. The summed E-state index contributed by atoms with van der Waals surface area (Å²) in [6.45, 7) is -0.0741. The molecule has 0 unspecified atom stereocenters. The van der Waals surface area contributed by atoms with Gasteiger partial charge >= 0.3 is 5.97 Å². The number of aliphatic hydroxyl groups is 1. The van der Waals surface area contributed by atoms with Crippen LogP contribution in [0.2, 0.25) is 0 Å². The molecule has 0 atom stereocenters. The van der Waals surface area contributed by atoms with E-state index < -0.39 is 5.97 Å². The molecule has 5 nitrogen and oxygen atoms in total. The third-order valence-electron chi connectivity index (χ3n) is 3.49. The highest BCUT2D eigenvalue weighted by molar-refractivity contribution is 5.93. The lowest BCUT2D eigenvalue weighted by Gasteiger charge is -2.08. The number of phenols is 1. The Hall–Kier alpha value is -2.63. The maximum absolute atomic E-state index is 11.7. The molecule has 0 fully saturated rings. The molecule has 2 N–H and O–H groups in total. The second-order valence-corrected chi connectivity index (χ2v) is 5.29. The quantitative estimate of drug-likeness (QED) is 0.452. The number of benzene rings is 1. The van der Waals surface area contributed by atoms with E-state index in [2.05, 4.69) is 28.4 Å². The third-order valence-corrected chi connectivity index (χ3v) is 3.49. The SMILES string of the molecule is COC(=O)c1cc(C#CCCCCCCC#CCO)cc(OC)c1O. The number of carbonyl (C=O) groups excluding carboxylic acids is 1. The predicted octanol–water partition coefficient (Wildman–Crippen LogP) is 2.88. The van der Waals surface area contributed by atoms with Crippen LogP contribution in [0.4, 0.5) is 0 Å². The van der Waals surface area contributed by atoms with Gasteiger partial charge in [-0.15, -0.1) is 5.92 Å². The normalized spacial score (nSPS) is 9.40. The maximum Gasteiger partial charge on any atom is 0.341 e. The third kappa shape index (κ3) is 7.20. The fourth-order valence-corrected chi connectivity index (χ4v) is 2.19. The number of phenolic OH excluding ortho intramolecular Hbond substituents is 1. The molecule has 5 heteroatoms. The molecule has 0 spiro atoms. The number of unbranched alkanes of at least 4 members (excludes halogenated alkanes) is 5. The number of aliphatic hydroxyl groups excluding tert-OH is 1. The highest BCUT2D eigenvalue weighted by Gasteiger charge is 2.16. The van der Waals surface area contributed by atoms with Crippen LogP contribution in [0.1, 0.15) is 54.4 Å². The lowest BCUT2D eigenvalue weighted by molar-refractivity contribution is 0.0596. The number of methoxy groups -OCH3 is 2. The number of ether oxygens (including phenoxy) is 2. The molecule has 0 aliphatic carbocycles. The Bertz CT molecular complexity index is 686. The summed E-state index contributed by atoms with van der Waals surface area (Å²) in [6, 6.07) is 3.09. The molecule has 0 amide bonds. The highest BCUT2D eigenvalue weighted by Crippen LogP contribution is 2.31. The molecular formula is C20H24O5. The van der Waals surface area contributed by atoms with Crippen molar-refractivity contribution in [2.45, 2.75) is 38.5 Å². The summed E-state index contributed by atoms with van der Waals surface area (Å²) in [5.74, 6) is 10.9. The summed E-state index contributed by atoms with van der Waals surface area (Å²) in [5, 5.41) is 18.5. The first-order valence-corrected chi connectivity index (χ1v) is 8.18. The summed E-state index contributed by atoms with van der Waals surface area (Å²) >= 11 is 0. The van der Waals surface area contributed by atoms with Gasteiger partial charge in [-0.1, -0.05) is 30.6 Å². The average Bonchev–Trinajstić information content (AvgIpc) is 2.63. The standard InChI is InChI=1S/C20H24O5/c1-24-18-15-16(14-17(19(18)22)20(23)25-2)12-10-8-6-4-3-5-7-9-11-13-21/h14-15,21-22H,3-8,13H2,1-2H3. The van der Waals surface area contributed by atoms with Crippen LogP contribution in [-0.4, -0.2) is 37.0 Å². The van der Waals surface area contributed by atoms with E-state index >= 15 is 0 Å². The Labute approximate surface area is 149 Å². The zero-order valence-electron chi connectivity index (χ0n) is 14.7. The minimum Gasteiger partial charge on any atom is -0.504 e. The Morgan fingerprint density at radius 3 is 2.32 bits per heavy atom. The summed E-state index contributed by atoms with van der Waals surface area (Å²) in [5.41, 5.74) is 0.629. The molecule has 0 saturated heterocycles. The van der Waals surface area contributed by atoms with Gasteiger partial charge in [0, 0.05) is 18.4 Å². The van der Waals surface area contributed by atoms with Crippen LogP contribution < -0.4 is 4.74 Å². The topological polar surface area (TPSA) is 76.0 Å². The minimum atomic E-state index is -0.635. The van der Waals surface area contributed by atoms with Crippen molar-refractivity contribution in [2.75, 3.05) is 20.8 Å². The largest absolute Gasteiger partial charge is 0.504 e. The van der Waals surface area contributed by atoms with E-state index in [1.807, 2.05) is 0 Å². The minimum absolute atomic E-state index is 0.0372. The molecule has 0 aliphatic rings. The molecular weight excluding hydrogens is 320 g/mol. The van der Waals surface area contributed by atoms with E-state index in [0.717, 1.165) is 38.5 Å². The first-order chi connectivity index (χ1) is 12.1. The number of esters is 1. The smallest absolute Gasteiger partial charge is 0.341 e. The average molecular weight is 344 g/mol. The van der Waals surface area contributed by atoms with Crippen LogP contribution in [0.15, 0.2) is 12.1 Å². The monoisotopic (exact) mass is 344 g/mol. The summed E-state index contributed by atoms with van der Waals surface area (Å²) in [4.78, 5) is 11.7. The van der Waals surface area contributed by atoms with Crippen molar-refractivity contribution < 1.29 is 24.5 Å². The van der Waals surface area contributed by atoms with Crippen LogP contribution in [0.5, 0.6) is 11.5 Å². The van der Waals surface area contributed by atoms with Gasteiger partial charge in [-0.3, -0.25) is 0 Å². The second-order valence-electron chi connectivity index (χ2n) is 5.29. The van der Waals surface area contributed by atoms with Crippen LogP contribution in [0.3, 0.4) is 0 Å². The van der Waals surface area contributed by atoms with Crippen LogP contribution in [0, 0.1) is 23.7 Å². The Morgan fingerprint density at radius 2 is 1.72 bits per heavy atom. The van der Waals surface area contributed by atoms with E-state index in [9.17, 15) is 9.90 Å². The van der Waals surface area contributed by atoms with Gasteiger partial charge in [-0.05, 0) is 25.0 Å². The molecule has 0 aromatic heterocycles. The van der Waals surface area contributed by atoms with Gasteiger partial charge in [0.1, 0.15) is 12.2 Å². The number of rotatable bonds is 7. The summed E-state index contributed by atoms with van der Waals surface area (Å²) in [7, 11) is 2.67. The summed E-state index contributed by atoms with van der Waals surface area (Å²) in [6.07, 6.45) is 5.73. The van der Waals surface area contributed by atoms with E-state index in [-0.39, 0.29) is 23.7 Å². The van der Waals surface area contributed by atoms with E-state index in [1.54, 1.807) is 6.07 Å². The maximum atomic E-state index is 11.7. The van der Waals surface area contributed by atoms with Crippen molar-refractivity contribution in [1.29, 1.82) is 0 Å². The number of aromatic hydroxyl groups is 1. The Kier molecular flexibility index (Phi) is 9.67. The zero-order chi connectivity index (χ0) is 18.5. The van der Waals surface area contributed by atoms with Gasteiger partial charge in [-0.2, -0.15) is 0 Å². The molecule has 1 aromatic carbocycles. The molecule has 0 aliphatic heterocycles. The van der Waals surface area contributed by atoms with Crippen molar-refractivity contribution in [3.05, 3.63) is 23.3 Å². The molecule has 0 saturated carbocycles. The van der Waals surface area contributed by atoms with Crippen LogP contribution in [0.25, 0.3) is 0 Å². The van der Waals surface area contributed by atoms with Crippen molar-refractivity contribution in [1.82, 2.24) is 0 Å². The molecule has 0 radical (unpaired) electrons. The fraction of sp³-hybridized carbons (Fsp3) is 0.450. The zero-order valence-corrected chi connectivity index (χ0v) is 14.7. The first-order valence-electron chi connectivity index (χ1n) is 8.18. The molecule has 134 valence electrons. The van der Waals surface area contributed by atoms with Crippen LogP contribution >= 0.6 is 0 Å². The predicted molar refractivity (Wildman–Crippen MR) is 95.4 cm³/mol. The van der Waals surface area contributed by atoms with E-state index in [4.69, 9.17) is 9.84 Å². The Morgan fingerprint density at radius 1 is 1.04 bits per heavy atom. The van der Waals surface area contributed by atoms with Gasteiger partial charge in [0.2, 0.25) is 0 Å². The number of hydrogen-bond acceptors (Lipinski definition) is 5. The lowest BCUT2D eigenvalue weighted by atomic mass is 10.1. The molecule has 1 aromatic rings. The molecule has 0 heterocycles. The van der Waals surface area contributed by atoms with E-state index in [1.165, 1.54) is 20.3 Å². The van der Waals surface area contributed by atoms with Gasteiger partial charge in [-0.25, -0.2) is 4.79 Å². The van der Waals surface area contributed by atoms with Gasteiger partial charge in [0.05, 0.1) is 14.2 Å². The van der Waals surface area contributed by atoms with Crippen molar-refractivity contribution in [3.8, 4) is 35.2 Å². The van der Waals surface area contributed by atoms with Crippen LogP contribution in [-0.2, 0) is 4.74 Å². The highest BCUT2D eigenvalue weighted by atomic mass is 16.5. The summed E-state index contributed by atoms with van der Waals surface area (Å²) < 4.78 is 9.72. The van der Waals surface area contributed by atoms with Crippen molar-refractivity contribution >= 4 is 5.97 Å². The molecule has 1 rings (SSSR count). The van der Waals surface area contributed by atoms with E-state index in [0.29, 0.717) is 5.56 Å². The lowest BCUT2D eigenvalue weighted by Crippen LogP contribution is -2.03. The van der Waals surface area contributed by atoms with Crippen molar-refractivity contribution in [3.63, 3.8) is 0 Å². The van der Waals surface area contributed by atoms with Gasteiger partial charge < -0.3 is 19.7 Å². The second kappa shape index (κ2) is 11.8. The number of hydrogen-bond donors (Lipinski definition) is 2. The molecule has 25 heavy (non-hydrogen) atoms. The van der Waals surface area contributed by atoms with Crippen molar-refractivity contribution in [2.24, 2.45) is 0 Å².